The number of rotatable bonds is 6. The van der Waals surface area contributed by atoms with Gasteiger partial charge in [-0.2, -0.15) is 0 Å². The van der Waals surface area contributed by atoms with Crippen molar-refractivity contribution in [3.8, 4) is 11.3 Å². The molecule has 0 bridgehead atoms. The summed E-state index contributed by atoms with van der Waals surface area (Å²) in [4.78, 5) is 23.3. The van der Waals surface area contributed by atoms with Crippen LogP contribution in [0.25, 0.3) is 17.3 Å². The molecule has 0 radical (unpaired) electrons. The van der Waals surface area contributed by atoms with E-state index in [0.29, 0.717) is 18.4 Å². The van der Waals surface area contributed by atoms with Gasteiger partial charge in [-0.15, -0.1) is 0 Å². The van der Waals surface area contributed by atoms with E-state index < -0.39 is 0 Å². The Morgan fingerprint density at radius 2 is 2.30 bits per heavy atom. The Bertz CT molecular complexity index is 976. The first kappa shape index (κ1) is 20.5. The van der Waals surface area contributed by atoms with Gasteiger partial charge in [-0.1, -0.05) is 12.1 Å². The molecule has 2 aromatic rings. The molecule has 0 saturated carbocycles. The van der Waals surface area contributed by atoms with E-state index in [4.69, 9.17) is 0 Å². The topological polar surface area (TPSA) is 74.5 Å². The molecule has 7 nitrogen and oxygen atoms in total. The maximum Gasteiger partial charge on any atom is 0.239 e. The third kappa shape index (κ3) is 4.37. The number of imidazole rings is 1. The summed E-state index contributed by atoms with van der Waals surface area (Å²) < 4.78 is 2.26. The monoisotopic (exact) mass is 406 g/mol. The normalized spacial score (nSPS) is 19.5. The molecule has 3 heterocycles. The maximum absolute atomic E-state index is 12.5. The molecule has 7 heteroatoms. The summed E-state index contributed by atoms with van der Waals surface area (Å²) in [5.74, 6) is 1.49. The van der Waals surface area contributed by atoms with Gasteiger partial charge in [0.2, 0.25) is 5.91 Å². The second-order valence-corrected chi connectivity index (χ2v) is 8.16. The van der Waals surface area contributed by atoms with Crippen molar-refractivity contribution in [2.75, 3.05) is 19.6 Å². The molecule has 2 aliphatic rings. The van der Waals surface area contributed by atoms with E-state index in [9.17, 15) is 4.79 Å². The molecule has 0 spiro atoms. The number of fused-ring (bicyclic) bond motifs is 1. The quantitative estimate of drug-likeness (QED) is 0.723. The Balaban J connectivity index is 1.54. The number of carbonyl (C=O) groups excluding carboxylic acids is 1. The van der Waals surface area contributed by atoms with Gasteiger partial charge in [0.1, 0.15) is 11.6 Å². The average molecular weight is 407 g/mol. The molecule has 0 aliphatic carbocycles. The van der Waals surface area contributed by atoms with E-state index in [1.165, 1.54) is 0 Å². The van der Waals surface area contributed by atoms with Crippen LogP contribution in [0.15, 0.2) is 35.2 Å². The van der Waals surface area contributed by atoms with Gasteiger partial charge < -0.3 is 15.2 Å². The molecule has 1 atom stereocenters. The van der Waals surface area contributed by atoms with Crippen LogP contribution in [-0.4, -0.2) is 52.8 Å². The number of hydrogen-bond donors (Lipinski definition) is 2. The first-order chi connectivity index (χ1) is 14.5. The van der Waals surface area contributed by atoms with E-state index in [1.54, 1.807) is 0 Å². The lowest BCUT2D eigenvalue weighted by Crippen LogP contribution is -2.38. The average Bonchev–Trinajstić information content (AvgIpc) is 3.35. The fourth-order valence-electron chi connectivity index (χ4n) is 4.24. The number of amides is 1. The number of hydrogen-bond acceptors (Lipinski definition) is 5. The van der Waals surface area contributed by atoms with E-state index >= 15 is 0 Å². The molecular weight excluding hydrogens is 376 g/mol. The van der Waals surface area contributed by atoms with Gasteiger partial charge >= 0.3 is 0 Å². The summed E-state index contributed by atoms with van der Waals surface area (Å²) in [6.45, 7) is 11.9. The molecule has 0 unspecified atom stereocenters. The molecule has 30 heavy (non-hydrogen) atoms. The van der Waals surface area contributed by atoms with Crippen LogP contribution in [0.1, 0.15) is 36.7 Å². The van der Waals surface area contributed by atoms with Crippen molar-refractivity contribution >= 4 is 18.7 Å². The number of aliphatic imine (C=N–C) groups is 1. The highest BCUT2D eigenvalue weighted by Gasteiger charge is 2.22. The number of aromatic nitrogens is 2. The second-order valence-electron chi connectivity index (χ2n) is 8.16. The molecule has 2 aliphatic heterocycles. The summed E-state index contributed by atoms with van der Waals surface area (Å²) in [6, 6.07) is 6.79. The number of benzene rings is 1. The van der Waals surface area contributed by atoms with Crippen LogP contribution in [-0.2, 0) is 17.9 Å². The van der Waals surface area contributed by atoms with Crippen LogP contribution in [0.2, 0.25) is 0 Å². The lowest BCUT2D eigenvalue weighted by molar-refractivity contribution is -0.121. The van der Waals surface area contributed by atoms with Crippen LogP contribution in [0.5, 0.6) is 0 Å². The Labute approximate surface area is 177 Å². The Kier molecular flexibility index (Phi) is 6.11. The molecule has 158 valence electrons. The maximum atomic E-state index is 12.5. The Morgan fingerprint density at radius 1 is 1.43 bits per heavy atom. The zero-order valence-electron chi connectivity index (χ0n) is 17.8. The van der Waals surface area contributed by atoms with E-state index in [-0.39, 0.29) is 5.91 Å². The van der Waals surface area contributed by atoms with Crippen molar-refractivity contribution in [2.45, 2.75) is 45.8 Å². The van der Waals surface area contributed by atoms with Crippen molar-refractivity contribution in [2.24, 2.45) is 4.99 Å². The van der Waals surface area contributed by atoms with Gasteiger partial charge in [0.05, 0.1) is 25.0 Å². The standard InChI is InChI=1S/C23H30N6O/c1-16-6-7-18(20-13-26-22-14-25-8-10-29(20)22)11-19(16)12-21(24-3)27-23(30)15-28-9-4-5-17(28)2/h6-7,11-13,17,25H,3-5,8-10,14-15H2,1-2H3,(H,27,30)/b21-12+/t17-/m1/s1. The van der Waals surface area contributed by atoms with Gasteiger partial charge in [-0.25, -0.2) is 9.98 Å². The van der Waals surface area contributed by atoms with Crippen molar-refractivity contribution in [1.82, 2.24) is 25.1 Å². The lowest BCUT2D eigenvalue weighted by atomic mass is 10.0. The number of carbonyl (C=O) groups is 1. The van der Waals surface area contributed by atoms with Gasteiger partial charge in [-0.05, 0) is 63.2 Å². The molecule has 1 saturated heterocycles. The molecule has 2 N–H and O–H groups in total. The van der Waals surface area contributed by atoms with Gasteiger partial charge in [0.25, 0.3) is 0 Å². The van der Waals surface area contributed by atoms with Crippen molar-refractivity contribution in [1.29, 1.82) is 0 Å². The highest BCUT2D eigenvalue weighted by Crippen LogP contribution is 2.26. The van der Waals surface area contributed by atoms with E-state index in [0.717, 1.165) is 67.2 Å². The van der Waals surface area contributed by atoms with Gasteiger partial charge in [0, 0.05) is 24.7 Å². The van der Waals surface area contributed by atoms with Crippen LogP contribution < -0.4 is 10.6 Å². The fourth-order valence-corrected chi connectivity index (χ4v) is 4.24. The van der Waals surface area contributed by atoms with Crippen LogP contribution in [0.4, 0.5) is 0 Å². The first-order valence-electron chi connectivity index (χ1n) is 10.6. The van der Waals surface area contributed by atoms with Crippen LogP contribution >= 0.6 is 0 Å². The predicted octanol–water partition coefficient (Wildman–Crippen LogP) is 2.56. The molecular formula is C23H30N6O. The fraction of sp³-hybridized carbons (Fsp3) is 0.435. The Hall–Kier alpha value is -2.77. The zero-order valence-corrected chi connectivity index (χ0v) is 17.8. The van der Waals surface area contributed by atoms with Crippen molar-refractivity contribution < 1.29 is 4.79 Å². The minimum atomic E-state index is -0.0476. The smallest absolute Gasteiger partial charge is 0.239 e. The summed E-state index contributed by atoms with van der Waals surface area (Å²) >= 11 is 0. The minimum Gasteiger partial charge on any atom is -0.326 e. The first-order valence-corrected chi connectivity index (χ1v) is 10.6. The van der Waals surface area contributed by atoms with Gasteiger partial charge in [0.15, 0.2) is 0 Å². The zero-order chi connectivity index (χ0) is 21.1. The molecule has 1 aromatic carbocycles. The SMILES string of the molecule is C=N/C(=C\c1cc(-c2cnc3n2CCNC3)ccc1C)NC(=O)CN1CCC[C@H]1C. The predicted molar refractivity (Wildman–Crippen MR) is 120 cm³/mol. The largest absolute Gasteiger partial charge is 0.326 e. The summed E-state index contributed by atoms with van der Waals surface area (Å²) in [7, 11) is 0. The summed E-state index contributed by atoms with van der Waals surface area (Å²) in [5.41, 5.74) is 4.34. The van der Waals surface area contributed by atoms with Crippen molar-refractivity contribution in [3.63, 3.8) is 0 Å². The summed E-state index contributed by atoms with van der Waals surface area (Å²) in [6.07, 6.45) is 6.13. The van der Waals surface area contributed by atoms with Gasteiger partial charge in [-0.3, -0.25) is 9.69 Å². The van der Waals surface area contributed by atoms with Crippen molar-refractivity contribution in [3.05, 3.63) is 47.2 Å². The third-order valence-electron chi connectivity index (χ3n) is 6.08. The second kappa shape index (κ2) is 8.93. The minimum absolute atomic E-state index is 0.0476. The van der Waals surface area contributed by atoms with E-state index in [2.05, 4.69) is 68.8 Å². The third-order valence-corrected chi connectivity index (χ3v) is 6.08. The highest BCUT2D eigenvalue weighted by atomic mass is 16.2. The molecule has 1 amide bonds. The van der Waals surface area contributed by atoms with Crippen LogP contribution in [0.3, 0.4) is 0 Å². The number of nitrogens with zero attached hydrogens (tertiary/aromatic N) is 4. The lowest BCUT2D eigenvalue weighted by Gasteiger charge is -2.20. The summed E-state index contributed by atoms with van der Waals surface area (Å²) in [5, 5.41) is 6.27. The number of nitrogens with one attached hydrogen (secondary N) is 2. The Morgan fingerprint density at radius 3 is 3.07 bits per heavy atom. The molecule has 4 rings (SSSR count). The highest BCUT2D eigenvalue weighted by molar-refractivity contribution is 5.81. The van der Waals surface area contributed by atoms with Crippen LogP contribution in [0, 0.1) is 6.92 Å². The van der Waals surface area contributed by atoms with E-state index in [1.807, 2.05) is 12.3 Å². The number of likely N-dealkylation sites (tertiary alicyclic amines) is 1. The number of aryl methyl sites for hydroxylation is 1. The molecule has 1 aromatic heterocycles. The molecule has 1 fully saturated rings.